The van der Waals surface area contributed by atoms with Crippen LogP contribution in [-0.2, 0) is 19.1 Å². The van der Waals surface area contributed by atoms with Gasteiger partial charge in [-0.3, -0.25) is 14.5 Å². The molecule has 4 N–H and O–H groups in total. The Bertz CT molecular complexity index is 1090. The summed E-state index contributed by atoms with van der Waals surface area (Å²) in [6, 6.07) is -1.05. The van der Waals surface area contributed by atoms with E-state index in [0.717, 1.165) is 16.2 Å². The number of carbonyl (C=O) groups is 4. The zero-order chi connectivity index (χ0) is 24.3. The van der Waals surface area contributed by atoms with Crippen LogP contribution in [0.15, 0.2) is 34.0 Å². The number of rotatable bonds is 7. The summed E-state index contributed by atoms with van der Waals surface area (Å²) in [4.78, 5) is 54.5. The quantitative estimate of drug-likeness (QED) is 0.104. The molecule has 3 rings (SSSR count). The van der Waals surface area contributed by atoms with E-state index in [1.165, 1.54) is 48.3 Å². The SMILES string of the molecule is CN(C)C(=O)OC/C=C\C1=C(C(=O)[O-])N2C(=O)C(NC(=O)/C(=N\O)c3csc(N)n3)[C@@H]2SC1.[Na+]. The van der Waals surface area contributed by atoms with E-state index in [9.17, 15) is 29.5 Å². The Labute approximate surface area is 224 Å². The van der Waals surface area contributed by atoms with E-state index in [-0.39, 0.29) is 58.4 Å². The molecular weight excluding hydrogens is 499 g/mol. The Morgan fingerprint density at radius 2 is 2.18 bits per heavy atom. The number of ether oxygens (including phenoxy) is 1. The molecule has 13 nitrogen and oxygen atoms in total. The normalized spacial score (nSPS) is 19.8. The number of thioether (sulfide) groups is 1. The van der Waals surface area contributed by atoms with E-state index in [1.54, 1.807) is 0 Å². The predicted molar refractivity (Wildman–Crippen MR) is 116 cm³/mol. The molecule has 1 aromatic heterocycles. The number of amides is 3. The van der Waals surface area contributed by atoms with Crippen LogP contribution in [0.2, 0.25) is 0 Å². The van der Waals surface area contributed by atoms with Gasteiger partial charge in [0.1, 0.15) is 23.7 Å². The second-order valence-corrected chi connectivity index (χ2v) is 8.91. The first-order valence-electron chi connectivity index (χ1n) is 9.29. The number of β-lactam (4-membered cyclic amide) rings is 1. The maximum atomic E-state index is 12.7. The summed E-state index contributed by atoms with van der Waals surface area (Å²) in [6.45, 7) is -0.0913. The Hall–Kier alpha value is -2.59. The first-order chi connectivity index (χ1) is 15.6. The first kappa shape index (κ1) is 27.7. The summed E-state index contributed by atoms with van der Waals surface area (Å²) >= 11 is 2.26. The van der Waals surface area contributed by atoms with Crippen LogP contribution < -0.4 is 45.7 Å². The van der Waals surface area contributed by atoms with Crippen LogP contribution in [0.5, 0.6) is 0 Å². The van der Waals surface area contributed by atoms with Gasteiger partial charge in [0.2, 0.25) is 0 Å². The van der Waals surface area contributed by atoms with E-state index < -0.39 is 41.0 Å². The maximum Gasteiger partial charge on any atom is 1.00 e. The summed E-state index contributed by atoms with van der Waals surface area (Å²) in [5.41, 5.74) is 5.10. The Morgan fingerprint density at radius 3 is 2.74 bits per heavy atom. The summed E-state index contributed by atoms with van der Waals surface area (Å²) in [5.74, 6) is -2.89. The van der Waals surface area contributed by atoms with Gasteiger partial charge < -0.3 is 35.8 Å². The van der Waals surface area contributed by atoms with Gasteiger partial charge in [-0.2, -0.15) is 0 Å². The number of nitrogens with zero attached hydrogens (tertiary/aromatic N) is 4. The van der Waals surface area contributed by atoms with E-state index in [4.69, 9.17) is 10.5 Å². The number of hydrogen-bond donors (Lipinski definition) is 3. The number of carboxylic acids is 1. The van der Waals surface area contributed by atoms with Crippen molar-refractivity contribution in [2.45, 2.75) is 11.4 Å². The molecule has 16 heteroatoms. The number of nitrogens with two attached hydrogens (primary N) is 1. The third-order valence-electron chi connectivity index (χ3n) is 4.54. The number of hydrogen-bond acceptors (Lipinski definition) is 12. The number of carboxylic acid groups (broad SMARTS) is 1. The number of nitrogens with one attached hydrogen (secondary N) is 1. The average molecular weight is 519 g/mol. The molecule has 0 aromatic carbocycles. The monoisotopic (exact) mass is 518 g/mol. The number of aromatic nitrogens is 1. The number of thiazole rings is 1. The molecule has 2 aliphatic heterocycles. The van der Waals surface area contributed by atoms with Crippen molar-refractivity contribution in [2.75, 3.05) is 32.2 Å². The van der Waals surface area contributed by atoms with Gasteiger partial charge in [-0.25, -0.2) is 9.78 Å². The molecule has 1 aromatic rings. The molecule has 34 heavy (non-hydrogen) atoms. The molecule has 3 amide bonds. The maximum absolute atomic E-state index is 12.7. The fourth-order valence-electron chi connectivity index (χ4n) is 3.02. The number of oxime groups is 1. The largest absolute Gasteiger partial charge is 1.00 e. The number of anilines is 1. The molecule has 2 atom stereocenters. The van der Waals surface area contributed by atoms with Crippen LogP contribution in [0, 0.1) is 0 Å². The van der Waals surface area contributed by atoms with Crippen LogP contribution >= 0.6 is 23.1 Å². The van der Waals surface area contributed by atoms with E-state index in [2.05, 4.69) is 15.5 Å². The van der Waals surface area contributed by atoms with Gasteiger partial charge in [-0.05, 0) is 11.6 Å². The minimum absolute atomic E-state index is 0. The third kappa shape index (κ3) is 5.72. The van der Waals surface area contributed by atoms with Crippen molar-refractivity contribution in [3.8, 4) is 0 Å². The Morgan fingerprint density at radius 1 is 1.47 bits per heavy atom. The molecule has 1 saturated heterocycles. The van der Waals surface area contributed by atoms with E-state index in [1.807, 2.05) is 0 Å². The van der Waals surface area contributed by atoms with E-state index >= 15 is 0 Å². The number of nitrogen functional groups attached to an aromatic ring is 1. The molecule has 2 aliphatic rings. The second-order valence-electron chi connectivity index (χ2n) is 6.92. The van der Waals surface area contributed by atoms with Crippen LogP contribution in [0.3, 0.4) is 0 Å². The summed E-state index contributed by atoms with van der Waals surface area (Å²) in [6.07, 6.45) is 2.34. The molecule has 176 valence electrons. The molecular formula is C18H19N6NaO7S2. The Kier molecular flexibility index (Phi) is 9.52. The van der Waals surface area contributed by atoms with Crippen LogP contribution in [0.4, 0.5) is 9.93 Å². The van der Waals surface area contributed by atoms with Gasteiger partial charge in [0.25, 0.3) is 11.8 Å². The van der Waals surface area contributed by atoms with Crippen molar-refractivity contribution in [1.82, 2.24) is 20.1 Å². The van der Waals surface area contributed by atoms with Gasteiger partial charge in [0.15, 0.2) is 10.8 Å². The van der Waals surface area contributed by atoms with Crippen molar-refractivity contribution in [3.05, 3.63) is 34.5 Å². The van der Waals surface area contributed by atoms with Gasteiger partial charge >= 0.3 is 35.7 Å². The molecule has 0 spiro atoms. The van der Waals surface area contributed by atoms with Gasteiger partial charge in [-0.15, -0.1) is 23.1 Å². The number of allylic oxidation sites excluding steroid dienone is 1. The fraction of sp³-hybridized carbons (Fsp3) is 0.333. The number of carbonyl (C=O) groups excluding carboxylic acids is 4. The zero-order valence-corrected chi connectivity index (χ0v) is 22.0. The Balaban J connectivity index is 0.00000408. The van der Waals surface area contributed by atoms with E-state index in [0.29, 0.717) is 5.57 Å². The smallest absolute Gasteiger partial charge is 0.543 e. The predicted octanol–water partition coefficient (Wildman–Crippen LogP) is -4.43. The van der Waals surface area contributed by atoms with Gasteiger partial charge in [-0.1, -0.05) is 11.2 Å². The topological polar surface area (TPSA) is 191 Å². The zero-order valence-electron chi connectivity index (χ0n) is 18.4. The molecule has 0 aliphatic carbocycles. The third-order valence-corrected chi connectivity index (χ3v) is 6.52. The van der Waals surface area contributed by atoms with Crippen LogP contribution in [0.1, 0.15) is 5.69 Å². The first-order valence-corrected chi connectivity index (χ1v) is 11.2. The fourth-order valence-corrected chi connectivity index (χ4v) is 4.88. The number of fused-ring (bicyclic) bond motifs is 1. The summed E-state index contributed by atoms with van der Waals surface area (Å²) < 4.78 is 4.94. The minimum atomic E-state index is -1.56. The molecule has 0 radical (unpaired) electrons. The standard InChI is InChI=1S/C18H20N6O7S2.Na/c1-23(2)18(29)31-5-3-4-8-6-32-15-11(14(26)24(15)12(8)16(27)28)21-13(25)10(22-30)9-7-33-17(19)20-9;/h3-4,7,11,15,30H,5-6H2,1-2H3,(H2,19,20)(H,21,25)(H,27,28);/q;+1/p-1/b4-3-,22-10-;/t11?,15-;/m0./s1. The van der Waals surface area contributed by atoms with Crippen molar-refractivity contribution in [3.63, 3.8) is 0 Å². The van der Waals surface area contributed by atoms with Crippen molar-refractivity contribution < 1.29 is 63.8 Å². The van der Waals surface area contributed by atoms with Crippen LogP contribution in [0.25, 0.3) is 0 Å². The summed E-state index contributed by atoms with van der Waals surface area (Å²) in [7, 11) is 3.04. The van der Waals surface area contributed by atoms with Crippen molar-refractivity contribution in [2.24, 2.45) is 5.16 Å². The molecule has 3 heterocycles. The molecule has 0 saturated carbocycles. The van der Waals surface area contributed by atoms with Crippen LogP contribution in [-0.4, -0.2) is 87.5 Å². The molecule has 1 fully saturated rings. The molecule has 0 bridgehead atoms. The van der Waals surface area contributed by atoms with Gasteiger partial charge in [0.05, 0.1) is 11.7 Å². The molecule has 1 unspecified atom stereocenters. The second kappa shape index (κ2) is 11.7. The van der Waals surface area contributed by atoms with Gasteiger partial charge in [0, 0.05) is 25.2 Å². The van der Waals surface area contributed by atoms with Crippen molar-refractivity contribution >= 4 is 57.8 Å². The number of aliphatic carboxylic acids is 1. The van der Waals surface area contributed by atoms with Crippen molar-refractivity contribution in [1.29, 1.82) is 0 Å². The minimum Gasteiger partial charge on any atom is -0.543 e. The summed E-state index contributed by atoms with van der Waals surface area (Å²) in [5, 5.41) is 27.2. The average Bonchev–Trinajstić information content (AvgIpc) is 3.20.